The lowest BCUT2D eigenvalue weighted by atomic mass is 10.2. The molecular formula is C26H28N2O2Si. The standard InChI is InChI=1S/C26H28N2O2Si/c1-4-24-25(29)28(26(30)27(24)20(2)3)31(21-14-8-5-9-15-21,22-16-10-6-11-17-22)23-18-12-7-13-19-23/h5-20,24H,4H2,1-3H3. The molecule has 1 aliphatic heterocycles. The zero-order chi connectivity index (χ0) is 22.0. The van der Waals surface area contributed by atoms with Crippen molar-refractivity contribution in [2.75, 3.05) is 0 Å². The molecule has 3 aromatic carbocycles. The molecular weight excluding hydrogens is 400 g/mol. The highest BCUT2D eigenvalue weighted by atomic mass is 28.3. The molecule has 1 fully saturated rings. The summed E-state index contributed by atoms with van der Waals surface area (Å²) < 4.78 is 1.64. The van der Waals surface area contributed by atoms with Gasteiger partial charge in [-0.2, -0.15) is 0 Å². The van der Waals surface area contributed by atoms with E-state index in [1.807, 2.05) is 75.4 Å². The van der Waals surface area contributed by atoms with E-state index in [2.05, 4.69) is 36.4 Å². The van der Waals surface area contributed by atoms with Gasteiger partial charge in [0.05, 0.1) is 0 Å². The first kappa shape index (κ1) is 21.1. The fraction of sp³-hybridized carbons (Fsp3) is 0.231. The summed E-state index contributed by atoms with van der Waals surface area (Å²) in [6, 6.07) is 29.6. The Morgan fingerprint density at radius 1 is 0.742 bits per heavy atom. The topological polar surface area (TPSA) is 40.6 Å². The second-order valence-electron chi connectivity index (χ2n) is 8.19. The van der Waals surface area contributed by atoms with Crippen molar-refractivity contribution < 1.29 is 9.59 Å². The highest BCUT2D eigenvalue weighted by Crippen LogP contribution is 2.28. The Morgan fingerprint density at radius 2 is 1.13 bits per heavy atom. The van der Waals surface area contributed by atoms with Gasteiger partial charge in [0.15, 0.2) is 0 Å². The molecule has 0 N–H and O–H groups in total. The molecule has 0 aliphatic carbocycles. The van der Waals surface area contributed by atoms with Gasteiger partial charge in [-0.3, -0.25) is 9.36 Å². The third kappa shape index (κ3) is 3.29. The number of carbonyl (C=O) groups excluding carboxylic acids is 2. The smallest absolute Gasteiger partial charge is 0.311 e. The van der Waals surface area contributed by atoms with Gasteiger partial charge in [0, 0.05) is 6.04 Å². The fourth-order valence-electron chi connectivity index (χ4n) is 4.80. The third-order valence-electron chi connectivity index (χ3n) is 6.11. The molecule has 3 aromatic rings. The number of amides is 3. The summed E-state index contributed by atoms with van der Waals surface area (Å²) in [5, 5.41) is 3.07. The number of nitrogens with zero attached hydrogens (tertiary/aromatic N) is 2. The predicted octanol–water partition coefficient (Wildman–Crippen LogP) is 3.10. The van der Waals surface area contributed by atoms with E-state index in [0.717, 1.165) is 15.6 Å². The van der Waals surface area contributed by atoms with Crippen LogP contribution < -0.4 is 15.6 Å². The minimum Gasteiger partial charge on any atom is -0.311 e. The van der Waals surface area contributed by atoms with Gasteiger partial charge in [0.1, 0.15) is 6.04 Å². The number of imide groups is 1. The van der Waals surface area contributed by atoms with E-state index in [1.165, 1.54) is 0 Å². The van der Waals surface area contributed by atoms with Crippen molar-refractivity contribution in [1.82, 2.24) is 9.47 Å². The van der Waals surface area contributed by atoms with Gasteiger partial charge < -0.3 is 4.90 Å². The maximum Gasteiger partial charge on any atom is 0.320 e. The maximum atomic E-state index is 14.0. The van der Waals surface area contributed by atoms with Crippen LogP contribution in [-0.4, -0.2) is 41.7 Å². The molecule has 3 amide bonds. The van der Waals surface area contributed by atoms with Crippen LogP contribution in [0.5, 0.6) is 0 Å². The average molecular weight is 429 g/mol. The first-order valence-corrected chi connectivity index (χ1v) is 12.8. The first-order chi connectivity index (χ1) is 15.0. The Kier molecular flexibility index (Phi) is 5.79. The van der Waals surface area contributed by atoms with Crippen molar-refractivity contribution in [2.24, 2.45) is 0 Å². The molecule has 1 unspecified atom stereocenters. The molecule has 0 radical (unpaired) electrons. The van der Waals surface area contributed by atoms with Gasteiger partial charge in [-0.15, -0.1) is 0 Å². The van der Waals surface area contributed by atoms with Crippen LogP contribution in [0.15, 0.2) is 91.0 Å². The minimum atomic E-state index is -3.17. The largest absolute Gasteiger partial charge is 0.320 e. The number of rotatable bonds is 6. The molecule has 1 saturated heterocycles. The Labute approximate surface area is 185 Å². The van der Waals surface area contributed by atoms with Crippen LogP contribution in [0.2, 0.25) is 0 Å². The monoisotopic (exact) mass is 428 g/mol. The number of urea groups is 1. The highest BCUT2D eigenvalue weighted by Gasteiger charge is 2.58. The van der Waals surface area contributed by atoms with E-state index in [0.29, 0.717) is 6.42 Å². The van der Waals surface area contributed by atoms with Crippen LogP contribution in [0, 0.1) is 0 Å². The summed E-state index contributed by atoms with van der Waals surface area (Å²) >= 11 is 0. The quantitative estimate of drug-likeness (QED) is 0.344. The second-order valence-corrected chi connectivity index (χ2v) is 11.8. The van der Waals surface area contributed by atoms with Gasteiger partial charge in [-0.25, -0.2) is 4.79 Å². The summed E-state index contributed by atoms with van der Waals surface area (Å²) in [5.41, 5.74) is 0. The van der Waals surface area contributed by atoms with Gasteiger partial charge in [-0.05, 0) is 35.8 Å². The van der Waals surface area contributed by atoms with Crippen LogP contribution in [0.4, 0.5) is 4.79 Å². The van der Waals surface area contributed by atoms with Crippen molar-refractivity contribution >= 4 is 35.7 Å². The highest BCUT2D eigenvalue weighted by molar-refractivity contribution is 7.11. The normalized spacial score (nSPS) is 17.0. The lowest BCUT2D eigenvalue weighted by molar-refractivity contribution is -0.125. The van der Waals surface area contributed by atoms with Crippen molar-refractivity contribution in [3.63, 3.8) is 0 Å². The van der Waals surface area contributed by atoms with Crippen LogP contribution >= 0.6 is 0 Å². The van der Waals surface area contributed by atoms with E-state index < -0.39 is 14.3 Å². The summed E-state index contributed by atoms with van der Waals surface area (Å²) in [4.78, 5) is 29.6. The summed E-state index contributed by atoms with van der Waals surface area (Å²) in [6.07, 6.45) is 0.599. The van der Waals surface area contributed by atoms with E-state index >= 15 is 0 Å². The van der Waals surface area contributed by atoms with Crippen molar-refractivity contribution in [2.45, 2.75) is 39.3 Å². The number of benzene rings is 3. The molecule has 0 spiro atoms. The molecule has 1 heterocycles. The average Bonchev–Trinajstić information content (AvgIpc) is 3.07. The first-order valence-electron chi connectivity index (χ1n) is 10.9. The van der Waals surface area contributed by atoms with Gasteiger partial charge in [0.25, 0.3) is 8.24 Å². The van der Waals surface area contributed by atoms with E-state index in [1.54, 1.807) is 9.47 Å². The number of hydrogen-bond donors (Lipinski definition) is 0. The zero-order valence-electron chi connectivity index (χ0n) is 18.2. The van der Waals surface area contributed by atoms with E-state index in [-0.39, 0.29) is 18.0 Å². The molecule has 31 heavy (non-hydrogen) atoms. The maximum absolute atomic E-state index is 14.0. The third-order valence-corrected chi connectivity index (χ3v) is 10.7. The summed E-state index contributed by atoms with van der Waals surface area (Å²) in [7, 11) is -3.17. The van der Waals surface area contributed by atoms with Crippen LogP contribution in [0.1, 0.15) is 27.2 Å². The molecule has 1 aliphatic rings. The van der Waals surface area contributed by atoms with Crippen molar-refractivity contribution in [3.05, 3.63) is 91.0 Å². The lowest BCUT2D eigenvalue weighted by Crippen LogP contribution is -2.78. The Balaban J connectivity index is 2.09. The Hall–Kier alpha value is -3.18. The Morgan fingerprint density at radius 3 is 1.42 bits per heavy atom. The minimum absolute atomic E-state index is 0.0552. The summed E-state index contributed by atoms with van der Waals surface area (Å²) in [6.45, 7) is 5.94. The molecule has 5 heteroatoms. The van der Waals surface area contributed by atoms with Gasteiger partial charge in [0.2, 0.25) is 5.91 Å². The predicted molar refractivity (Wildman–Crippen MR) is 127 cm³/mol. The van der Waals surface area contributed by atoms with Crippen LogP contribution in [0.25, 0.3) is 0 Å². The van der Waals surface area contributed by atoms with Crippen LogP contribution in [-0.2, 0) is 4.79 Å². The molecule has 1 atom stereocenters. The number of hydrogen-bond acceptors (Lipinski definition) is 2. The molecule has 0 saturated carbocycles. The van der Waals surface area contributed by atoms with Crippen LogP contribution in [0.3, 0.4) is 0 Å². The molecule has 158 valence electrons. The Bertz CT molecular complexity index is 958. The van der Waals surface area contributed by atoms with E-state index in [4.69, 9.17) is 0 Å². The van der Waals surface area contributed by atoms with Gasteiger partial charge >= 0.3 is 6.03 Å². The fourth-order valence-corrected chi connectivity index (χ4v) is 9.48. The molecule has 4 nitrogen and oxygen atoms in total. The summed E-state index contributed by atoms with van der Waals surface area (Å²) in [5.74, 6) is -0.0931. The van der Waals surface area contributed by atoms with Gasteiger partial charge in [-0.1, -0.05) is 97.9 Å². The van der Waals surface area contributed by atoms with Crippen molar-refractivity contribution in [1.29, 1.82) is 0 Å². The SMILES string of the molecule is CCC1C(=O)N([Si](c2ccccc2)(c2ccccc2)c2ccccc2)C(=O)N1C(C)C. The second kappa shape index (κ2) is 8.51. The molecule has 0 aromatic heterocycles. The number of carbonyl (C=O) groups is 2. The molecule has 4 rings (SSSR count). The van der Waals surface area contributed by atoms with Crippen molar-refractivity contribution in [3.8, 4) is 0 Å². The lowest BCUT2D eigenvalue weighted by Gasteiger charge is -2.39. The molecule has 0 bridgehead atoms. The zero-order valence-corrected chi connectivity index (χ0v) is 19.2. The van der Waals surface area contributed by atoms with E-state index in [9.17, 15) is 9.59 Å².